The Kier molecular flexibility index (Phi) is 9.30. The number of carboxylic acid groups (broad SMARTS) is 2. The van der Waals surface area contributed by atoms with Crippen molar-refractivity contribution in [1.29, 1.82) is 0 Å². The lowest BCUT2D eigenvalue weighted by Crippen LogP contribution is -2.55. The van der Waals surface area contributed by atoms with Crippen LogP contribution in [0.4, 0.5) is 0 Å². The third kappa shape index (κ3) is 8.09. The minimum absolute atomic E-state index is 0.180. The van der Waals surface area contributed by atoms with Crippen molar-refractivity contribution in [3.63, 3.8) is 0 Å². The van der Waals surface area contributed by atoms with Crippen LogP contribution in [0.1, 0.15) is 18.5 Å². The Bertz CT molecular complexity index is 653. The van der Waals surface area contributed by atoms with Crippen LogP contribution in [0.25, 0.3) is 0 Å². The Balaban J connectivity index is 2.74. The highest BCUT2D eigenvalue weighted by atomic mass is 32.2. The summed E-state index contributed by atoms with van der Waals surface area (Å²) >= 11 is 1.44. The number of thioether (sulfide) groups is 1. The molecular formula is C15H23N5O6S. The van der Waals surface area contributed by atoms with Gasteiger partial charge in [-0.15, -0.1) is 0 Å². The van der Waals surface area contributed by atoms with Gasteiger partial charge in [-0.05, 0) is 18.4 Å². The van der Waals surface area contributed by atoms with E-state index in [0.717, 1.165) is 0 Å². The van der Waals surface area contributed by atoms with Gasteiger partial charge in [0.2, 0.25) is 11.8 Å². The van der Waals surface area contributed by atoms with E-state index in [1.54, 1.807) is 0 Å². The molecule has 1 aromatic rings. The largest absolute Gasteiger partial charge is 0.481 e. The zero-order valence-electron chi connectivity index (χ0n) is 14.7. The molecule has 1 heterocycles. The van der Waals surface area contributed by atoms with Crippen LogP contribution in [0.15, 0.2) is 12.5 Å². The first kappa shape index (κ1) is 22.4. The Morgan fingerprint density at radius 3 is 2.41 bits per heavy atom. The molecule has 0 aliphatic heterocycles. The Morgan fingerprint density at radius 2 is 1.89 bits per heavy atom. The van der Waals surface area contributed by atoms with Crippen molar-refractivity contribution >= 4 is 35.5 Å². The van der Waals surface area contributed by atoms with Crippen molar-refractivity contribution in [3.05, 3.63) is 18.2 Å². The van der Waals surface area contributed by atoms with Gasteiger partial charge in [-0.25, -0.2) is 9.78 Å². The smallest absolute Gasteiger partial charge is 0.326 e. The van der Waals surface area contributed by atoms with Crippen LogP contribution in [-0.4, -0.2) is 74.1 Å². The number of carbonyl (C=O) groups is 4. The Morgan fingerprint density at radius 1 is 1.22 bits per heavy atom. The predicted octanol–water partition coefficient (Wildman–Crippen LogP) is -1.44. The molecule has 0 aliphatic carbocycles. The Labute approximate surface area is 159 Å². The normalized spacial score (nSPS) is 14.0. The molecule has 0 aliphatic rings. The first-order chi connectivity index (χ1) is 12.7. The molecule has 150 valence electrons. The third-order valence-corrected chi connectivity index (χ3v) is 4.21. The quantitative estimate of drug-likeness (QED) is 0.244. The second-order valence-corrected chi connectivity index (χ2v) is 6.71. The molecule has 0 unspecified atom stereocenters. The number of nitrogens with two attached hydrogens (primary N) is 1. The molecule has 0 saturated carbocycles. The molecule has 11 nitrogen and oxygen atoms in total. The number of aliphatic carboxylic acids is 2. The van der Waals surface area contributed by atoms with E-state index in [1.165, 1.54) is 24.3 Å². The monoisotopic (exact) mass is 401 g/mol. The van der Waals surface area contributed by atoms with Crippen LogP contribution in [0.2, 0.25) is 0 Å². The van der Waals surface area contributed by atoms with E-state index in [9.17, 15) is 19.2 Å². The number of carbonyl (C=O) groups excluding carboxylic acids is 2. The molecule has 1 rings (SSSR count). The summed E-state index contributed by atoms with van der Waals surface area (Å²) in [6.45, 7) is 0. The fourth-order valence-corrected chi connectivity index (χ4v) is 2.63. The summed E-state index contributed by atoms with van der Waals surface area (Å²) in [5.74, 6) is -3.69. The van der Waals surface area contributed by atoms with E-state index in [4.69, 9.17) is 15.9 Å². The molecule has 1 aromatic heterocycles. The lowest BCUT2D eigenvalue weighted by atomic mass is 10.1. The van der Waals surface area contributed by atoms with E-state index >= 15 is 0 Å². The topological polar surface area (TPSA) is 187 Å². The Hall–Kier alpha value is -2.60. The lowest BCUT2D eigenvalue weighted by molar-refractivity contribution is -0.147. The van der Waals surface area contributed by atoms with Crippen LogP contribution in [0, 0.1) is 0 Å². The third-order valence-electron chi connectivity index (χ3n) is 3.57. The molecule has 2 amide bonds. The number of hydrogen-bond acceptors (Lipinski definition) is 7. The van der Waals surface area contributed by atoms with Gasteiger partial charge in [-0.2, -0.15) is 11.8 Å². The number of nitrogens with one attached hydrogen (secondary N) is 3. The number of nitrogens with zero attached hydrogens (tertiary/aromatic N) is 1. The van der Waals surface area contributed by atoms with Crippen LogP contribution < -0.4 is 16.4 Å². The second-order valence-electron chi connectivity index (χ2n) is 5.73. The summed E-state index contributed by atoms with van der Waals surface area (Å²) in [4.78, 5) is 53.1. The molecule has 12 heteroatoms. The molecule has 3 atom stereocenters. The number of aromatic nitrogens is 2. The van der Waals surface area contributed by atoms with Gasteiger partial charge in [-0.1, -0.05) is 0 Å². The minimum Gasteiger partial charge on any atom is -0.481 e. The molecule has 0 radical (unpaired) electrons. The van der Waals surface area contributed by atoms with E-state index in [0.29, 0.717) is 11.4 Å². The van der Waals surface area contributed by atoms with Crippen LogP contribution in [0.3, 0.4) is 0 Å². The molecule has 0 fully saturated rings. The first-order valence-electron chi connectivity index (χ1n) is 8.01. The van der Waals surface area contributed by atoms with Crippen molar-refractivity contribution in [3.8, 4) is 0 Å². The number of amides is 2. The SMILES string of the molecule is CSCC[C@H](NC(=O)[C@@H](N)Cc1cnc[nH]1)C(=O)N[C@@H](CC(=O)O)C(=O)O. The maximum Gasteiger partial charge on any atom is 0.326 e. The average Bonchev–Trinajstić information content (AvgIpc) is 3.09. The number of carboxylic acids is 2. The molecule has 7 N–H and O–H groups in total. The standard InChI is InChI=1S/C15H23N5O6S/c1-27-3-2-10(14(24)20-11(15(25)26)5-12(21)22)19-13(23)9(16)4-8-6-17-7-18-8/h6-7,9-11H,2-5,16H2,1H3,(H,17,18)(H,19,23)(H,20,24)(H,21,22)(H,25,26)/t9-,10-,11-/m0/s1. The average molecular weight is 401 g/mol. The summed E-state index contributed by atoms with van der Waals surface area (Å²) in [6, 6.07) is -3.57. The maximum absolute atomic E-state index is 12.4. The number of rotatable bonds is 12. The number of hydrogen-bond donors (Lipinski definition) is 6. The number of imidazole rings is 1. The summed E-state index contributed by atoms with van der Waals surface area (Å²) in [5.41, 5.74) is 6.48. The number of aromatic amines is 1. The fraction of sp³-hybridized carbons (Fsp3) is 0.533. The predicted molar refractivity (Wildman–Crippen MR) is 97.0 cm³/mol. The highest BCUT2D eigenvalue weighted by Crippen LogP contribution is 2.04. The van der Waals surface area contributed by atoms with Gasteiger partial charge >= 0.3 is 11.9 Å². The highest BCUT2D eigenvalue weighted by Gasteiger charge is 2.29. The van der Waals surface area contributed by atoms with Gasteiger partial charge in [0.1, 0.15) is 12.1 Å². The molecule has 0 bridgehead atoms. The van der Waals surface area contributed by atoms with Gasteiger partial charge in [0.15, 0.2) is 0 Å². The number of H-pyrrole nitrogens is 1. The minimum atomic E-state index is -1.60. The van der Waals surface area contributed by atoms with E-state index in [1.807, 2.05) is 6.26 Å². The van der Waals surface area contributed by atoms with Crippen molar-refractivity contribution < 1.29 is 29.4 Å². The second kappa shape index (κ2) is 11.2. The van der Waals surface area contributed by atoms with E-state index in [-0.39, 0.29) is 12.8 Å². The molecular weight excluding hydrogens is 378 g/mol. The molecule has 0 spiro atoms. The first-order valence-corrected chi connectivity index (χ1v) is 9.41. The molecule has 0 aromatic carbocycles. The molecule has 27 heavy (non-hydrogen) atoms. The van der Waals surface area contributed by atoms with Crippen LogP contribution in [0.5, 0.6) is 0 Å². The van der Waals surface area contributed by atoms with Crippen molar-refractivity contribution in [2.45, 2.75) is 37.4 Å². The zero-order valence-corrected chi connectivity index (χ0v) is 15.5. The lowest BCUT2D eigenvalue weighted by Gasteiger charge is -2.22. The van der Waals surface area contributed by atoms with Gasteiger partial charge in [-0.3, -0.25) is 14.4 Å². The summed E-state index contributed by atoms with van der Waals surface area (Å²) in [5, 5.41) is 22.4. The van der Waals surface area contributed by atoms with E-state index in [2.05, 4.69) is 20.6 Å². The fourth-order valence-electron chi connectivity index (χ4n) is 2.16. The van der Waals surface area contributed by atoms with Crippen LogP contribution >= 0.6 is 11.8 Å². The molecule has 0 saturated heterocycles. The highest BCUT2D eigenvalue weighted by molar-refractivity contribution is 7.98. The van der Waals surface area contributed by atoms with Crippen LogP contribution in [-0.2, 0) is 25.6 Å². The van der Waals surface area contributed by atoms with Gasteiger partial charge < -0.3 is 31.6 Å². The van der Waals surface area contributed by atoms with Gasteiger partial charge in [0.05, 0.1) is 18.8 Å². The summed E-state index contributed by atoms with van der Waals surface area (Å²) in [6.07, 6.45) is 4.42. The summed E-state index contributed by atoms with van der Waals surface area (Å²) in [7, 11) is 0. The van der Waals surface area contributed by atoms with Crippen molar-refractivity contribution in [1.82, 2.24) is 20.6 Å². The zero-order chi connectivity index (χ0) is 20.4. The van der Waals surface area contributed by atoms with Gasteiger partial charge in [0.25, 0.3) is 0 Å². The van der Waals surface area contributed by atoms with Crippen molar-refractivity contribution in [2.75, 3.05) is 12.0 Å². The maximum atomic E-state index is 12.4. The van der Waals surface area contributed by atoms with E-state index < -0.39 is 48.3 Å². The van der Waals surface area contributed by atoms with Gasteiger partial charge in [0, 0.05) is 18.3 Å². The summed E-state index contributed by atoms with van der Waals surface area (Å²) < 4.78 is 0. The van der Waals surface area contributed by atoms with Crippen molar-refractivity contribution in [2.24, 2.45) is 5.73 Å².